The summed E-state index contributed by atoms with van der Waals surface area (Å²) in [5, 5.41) is 0. The van der Waals surface area contributed by atoms with Crippen molar-refractivity contribution in [2.45, 2.75) is 26.1 Å². The van der Waals surface area contributed by atoms with Crippen LogP contribution in [0.25, 0.3) is 0 Å². The molecule has 1 aromatic rings. The molecule has 124 valence electrons. The number of ether oxygens (including phenoxy) is 1. The molecule has 0 saturated heterocycles. The van der Waals surface area contributed by atoms with Crippen molar-refractivity contribution >= 4 is 5.91 Å². The fourth-order valence-corrected chi connectivity index (χ4v) is 1.71. The molecule has 2 rings (SSSR count). The average molecular weight is 325 g/mol. The standard InChI is InChI=1S/C10H13NO.C7H5F3O/c1-8-4-2-3-5-9(7-6-8)10(11)12;8-7(9,10)11-6-4-2-1-3-5-6/h2,4-6H,3,7H2,1H3,(H2,11,12);1-5H/b4-2?,8-6-,9-5+;. The highest BCUT2D eigenvalue weighted by Crippen LogP contribution is 2.21. The molecule has 0 aromatic heterocycles. The van der Waals surface area contributed by atoms with E-state index in [1.165, 1.54) is 29.8 Å². The van der Waals surface area contributed by atoms with Gasteiger partial charge in [-0.1, -0.05) is 48.1 Å². The molecule has 0 fully saturated rings. The fourth-order valence-electron chi connectivity index (χ4n) is 1.71. The number of carbonyl (C=O) groups is 1. The van der Waals surface area contributed by atoms with E-state index in [1.807, 2.05) is 31.2 Å². The van der Waals surface area contributed by atoms with E-state index >= 15 is 0 Å². The smallest absolute Gasteiger partial charge is 0.406 e. The monoisotopic (exact) mass is 325 g/mol. The lowest BCUT2D eigenvalue weighted by atomic mass is 10.1. The second-order valence-corrected chi connectivity index (χ2v) is 4.74. The van der Waals surface area contributed by atoms with E-state index in [1.54, 1.807) is 6.07 Å². The first-order valence-corrected chi connectivity index (χ1v) is 6.91. The number of allylic oxidation sites excluding steroid dienone is 5. The number of benzene rings is 1. The van der Waals surface area contributed by atoms with Gasteiger partial charge in [-0.3, -0.25) is 4.79 Å². The van der Waals surface area contributed by atoms with Crippen molar-refractivity contribution in [1.29, 1.82) is 0 Å². The predicted molar refractivity (Wildman–Crippen MR) is 82.5 cm³/mol. The van der Waals surface area contributed by atoms with Crippen LogP contribution in [0.3, 0.4) is 0 Å². The molecule has 0 aliphatic heterocycles. The molecule has 0 atom stereocenters. The molecule has 6 heteroatoms. The van der Waals surface area contributed by atoms with Crippen molar-refractivity contribution in [2.24, 2.45) is 5.73 Å². The number of amides is 1. The summed E-state index contributed by atoms with van der Waals surface area (Å²) in [5.41, 5.74) is 7.06. The Morgan fingerprint density at radius 2 is 1.83 bits per heavy atom. The van der Waals surface area contributed by atoms with Gasteiger partial charge in [0.1, 0.15) is 5.75 Å². The Kier molecular flexibility index (Phi) is 7.12. The number of carbonyl (C=O) groups excluding carboxylic acids is 1. The van der Waals surface area contributed by atoms with Gasteiger partial charge in [-0.05, 0) is 31.9 Å². The molecule has 0 unspecified atom stereocenters. The highest BCUT2D eigenvalue weighted by atomic mass is 19.4. The van der Waals surface area contributed by atoms with Crippen LogP contribution < -0.4 is 10.5 Å². The van der Waals surface area contributed by atoms with Crippen molar-refractivity contribution < 1.29 is 22.7 Å². The topological polar surface area (TPSA) is 52.3 Å². The summed E-state index contributed by atoms with van der Waals surface area (Å²) in [5.74, 6) is -0.505. The second kappa shape index (κ2) is 8.82. The van der Waals surface area contributed by atoms with E-state index in [-0.39, 0.29) is 11.7 Å². The highest BCUT2D eigenvalue weighted by Gasteiger charge is 2.30. The second-order valence-electron chi connectivity index (χ2n) is 4.74. The molecule has 0 saturated carbocycles. The quantitative estimate of drug-likeness (QED) is 0.882. The average Bonchev–Trinajstić information content (AvgIpc) is 2.43. The molecule has 1 aliphatic rings. The molecule has 0 heterocycles. The Morgan fingerprint density at radius 3 is 2.39 bits per heavy atom. The van der Waals surface area contributed by atoms with Gasteiger partial charge in [-0.25, -0.2) is 0 Å². The van der Waals surface area contributed by atoms with E-state index < -0.39 is 6.36 Å². The number of hydrogen-bond acceptors (Lipinski definition) is 2. The summed E-state index contributed by atoms with van der Waals surface area (Å²) in [6, 6.07) is 7.05. The van der Waals surface area contributed by atoms with Crippen molar-refractivity contribution in [3.8, 4) is 5.75 Å². The largest absolute Gasteiger partial charge is 0.573 e. The molecule has 3 nitrogen and oxygen atoms in total. The number of para-hydroxylation sites is 1. The summed E-state index contributed by atoms with van der Waals surface area (Å²) in [6.07, 6.45) is 4.81. The Balaban J connectivity index is 0.000000231. The van der Waals surface area contributed by atoms with Gasteiger partial charge in [0, 0.05) is 5.57 Å². The number of hydrogen-bond donors (Lipinski definition) is 1. The van der Waals surface area contributed by atoms with Gasteiger partial charge in [0.2, 0.25) is 5.91 Å². The van der Waals surface area contributed by atoms with E-state index in [2.05, 4.69) is 4.74 Å². The van der Waals surface area contributed by atoms with E-state index in [4.69, 9.17) is 5.73 Å². The number of halogens is 3. The van der Waals surface area contributed by atoms with Gasteiger partial charge in [0.25, 0.3) is 0 Å². The molecule has 1 aliphatic carbocycles. The van der Waals surface area contributed by atoms with Gasteiger partial charge in [-0.15, -0.1) is 13.2 Å². The Morgan fingerprint density at radius 1 is 1.17 bits per heavy atom. The summed E-state index contributed by atoms with van der Waals surface area (Å²) in [4.78, 5) is 10.8. The summed E-state index contributed by atoms with van der Waals surface area (Å²) in [6.45, 7) is 2.01. The fraction of sp³-hybridized carbons (Fsp3) is 0.235. The molecule has 23 heavy (non-hydrogen) atoms. The minimum atomic E-state index is -4.60. The lowest BCUT2D eigenvalue weighted by Crippen LogP contribution is -2.16. The molecule has 2 N–H and O–H groups in total. The van der Waals surface area contributed by atoms with Crippen LogP contribution in [0.2, 0.25) is 0 Å². The molecular formula is C17H18F3NO2. The normalized spacial score (nSPS) is 19.0. The van der Waals surface area contributed by atoms with Crippen LogP contribution in [0, 0.1) is 0 Å². The number of primary amides is 1. The van der Waals surface area contributed by atoms with Gasteiger partial charge in [-0.2, -0.15) is 0 Å². The molecule has 0 bridgehead atoms. The van der Waals surface area contributed by atoms with Gasteiger partial charge >= 0.3 is 6.36 Å². The van der Waals surface area contributed by atoms with Crippen molar-refractivity contribution in [3.05, 3.63) is 65.8 Å². The SMILES string of the molecule is C/C1=C/C/C(C(N)=O)=C\CC=C1.FC(F)(F)Oc1ccccc1. The van der Waals surface area contributed by atoms with Crippen LogP contribution >= 0.6 is 0 Å². The summed E-state index contributed by atoms with van der Waals surface area (Å²) >= 11 is 0. The maximum Gasteiger partial charge on any atom is 0.573 e. The maximum absolute atomic E-state index is 11.5. The Labute approximate surface area is 132 Å². The van der Waals surface area contributed by atoms with Crippen LogP contribution in [0.5, 0.6) is 5.75 Å². The zero-order valence-electron chi connectivity index (χ0n) is 12.6. The number of alkyl halides is 3. The first-order valence-electron chi connectivity index (χ1n) is 6.91. The number of nitrogens with two attached hydrogens (primary N) is 1. The lowest BCUT2D eigenvalue weighted by molar-refractivity contribution is -0.274. The molecular weight excluding hydrogens is 307 g/mol. The van der Waals surface area contributed by atoms with Crippen LogP contribution in [0.1, 0.15) is 19.8 Å². The Hall–Kier alpha value is -2.50. The third kappa shape index (κ3) is 8.50. The highest BCUT2D eigenvalue weighted by molar-refractivity contribution is 5.92. The van der Waals surface area contributed by atoms with Gasteiger partial charge in [0.15, 0.2) is 0 Å². The third-order valence-electron chi connectivity index (χ3n) is 2.82. The van der Waals surface area contributed by atoms with Crippen molar-refractivity contribution in [1.82, 2.24) is 0 Å². The third-order valence-corrected chi connectivity index (χ3v) is 2.82. The molecule has 0 spiro atoms. The zero-order chi connectivity index (χ0) is 17.3. The summed E-state index contributed by atoms with van der Waals surface area (Å²) in [7, 11) is 0. The maximum atomic E-state index is 11.5. The van der Waals surface area contributed by atoms with Crippen LogP contribution in [-0.2, 0) is 4.79 Å². The number of rotatable bonds is 2. The Bertz CT molecular complexity index is 602. The van der Waals surface area contributed by atoms with E-state index in [9.17, 15) is 18.0 Å². The van der Waals surface area contributed by atoms with E-state index in [0.717, 1.165) is 6.42 Å². The minimum absolute atomic E-state index is 0.194. The minimum Gasteiger partial charge on any atom is -0.406 e. The zero-order valence-corrected chi connectivity index (χ0v) is 12.6. The molecule has 1 amide bonds. The van der Waals surface area contributed by atoms with E-state index in [0.29, 0.717) is 12.0 Å². The van der Waals surface area contributed by atoms with Crippen LogP contribution in [0.15, 0.2) is 65.8 Å². The lowest BCUT2D eigenvalue weighted by Gasteiger charge is -2.07. The van der Waals surface area contributed by atoms with Gasteiger partial charge in [0.05, 0.1) is 0 Å². The van der Waals surface area contributed by atoms with Crippen LogP contribution in [-0.4, -0.2) is 12.3 Å². The summed E-state index contributed by atoms with van der Waals surface area (Å²) < 4.78 is 38.2. The molecule has 1 aromatic carbocycles. The molecule has 0 radical (unpaired) electrons. The van der Waals surface area contributed by atoms with Crippen molar-refractivity contribution in [2.75, 3.05) is 0 Å². The van der Waals surface area contributed by atoms with Gasteiger partial charge < -0.3 is 10.5 Å². The first-order chi connectivity index (χ1) is 10.8. The first kappa shape index (κ1) is 18.5. The van der Waals surface area contributed by atoms with Crippen LogP contribution in [0.4, 0.5) is 13.2 Å². The van der Waals surface area contributed by atoms with Crippen molar-refractivity contribution in [3.63, 3.8) is 0 Å². The predicted octanol–water partition coefficient (Wildman–Crippen LogP) is 4.28.